The summed E-state index contributed by atoms with van der Waals surface area (Å²) in [5.41, 5.74) is 6.39. The highest BCUT2D eigenvalue weighted by Crippen LogP contribution is 2.45. The second kappa shape index (κ2) is 7.97. The van der Waals surface area contributed by atoms with Crippen LogP contribution in [0.15, 0.2) is 30.3 Å². The van der Waals surface area contributed by atoms with Gasteiger partial charge in [-0.2, -0.15) is 0 Å². The van der Waals surface area contributed by atoms with Crippen LogP contribution in [-0.2, 0) is 19.2 Å². The largest absolute Gasteiger partial charge is 0.480 e. The minimum absolute atomic E-state index is 0.296. The average molecular weight is 395 g/mol. The molecule has 1 aromatic carbocycles. The van der Waals surface area contributed by atoms with Crippen molar-refractivity contribution >= 4 is 36.0 Å². The molecule has 1 heterocycles. The normalized spacial score (nSPS) is 23.3. The summed E-state index contributed by atoms with van der Waals surface area (Å²) in [5, 5.41) is 20.3. The molecule has 0 bridgehead atoms. The molecule has 0 aromatic heterocycles. The highest BCUT2D eigenvalue weighted by Gasteiger charge is 2.54. The minimum Gasteiger partial charge on any atom is -0.480 e. The number of aliphatic carboxylic acids is 2. The van der Waals surface area contributed by atoms with Crippen molar-refractivity contribution in [3.8, 4) is 0 Å². The fraction of sp³-hybridized carbons (Fsp3) is 0.412. The molecule has 1 fully saturated rings. The monoisotopic (exact) mass is 395 g/mol. The SMILES string of the molecule is CC1(C)SC(C(NC(=O)C(N)c2ccccc2)C(=O)O)N(C=O)[C@@H]1C(=O)O. The number of carbonyl (C=O) groups is 4. The first-order chi connectivity index (χ1) is 12.6. The third-order valence-electron chi connectivity index (χ3n) is 4.32. The van der Waals surface area contributed by atoms with Gasteiger partial charge in [-0.1, -0.05) is 30.3 Å². The van der Waals surface area contributed by atoms with Gasteiger partial charge in [0, 0.05) is 4.75 Å². The summed E-state index contributed by atoms with van der Waals surface area (Å²) in [7, 11) is 0. The predicted octanol–water partition coefficient (Wildman–Crippen LogP) is 0.0189. The number of nitrogens with zero attached hydrogens (tertiary/aromatic N) is 1. The van der Waals surface area contributed by atoms with E-state index in [1.165, 1.54) is 0 Å². The first kappa shape index (κ1) is 20.7. The lowest BCUT2D eigenvalue weighted by atomic mass is 10.0. The third-order valence-corrected chi connectivity index (χ3v) is 5.91. The molecule has 5 N–H and O–H groups in total. The Hall–Kier alpha value is -2.59. The highest BCUT2D eigenvalue weighted by molar-refractivity contribution is 8.01. The molecule has 9 nitrogen and oxygen atoms in total. The van der Waals surface area contributed by atoms with Crippen LogP contribution in [0.4, 0.5) is 0 Å². The summed E-state index contributed by atoms with van der Waals surface area (Å²) >= 11 is 1.00. The van der Waals surface area contributed by atoms with E-state index in [0.717, 1.165) is 16.7 Å². The third kappa shape index (κ3) is 4.22. The molecule has 10 heteroatoms. The van der Waals surface area contributed by atoms with E-state index in [-0.39, 0.29) is 0 Å². The second-order valence-electron chi connectivity index (χ2n) is 6.62. The lowest BCUT2D eigenvalue weighted by Gasteiger charge is -2.29. The van der Waals surface area contributed by atoms with Crippen molar-refractivity contribution in [3.05, 3.63) is 35.9 Å². The van der Waals surface area contributed by atoms with E-state index in [2.05, 4.69) is 5.32 Å². The van der Waals surface area contributed by atoms with Gasteiger partial charge >= 0.3 is 11.9 Å². The minimum atomic E-state index is -1.52. The summed E-state index contributed by atoms with van der Waals surface area (Å²) in [6.07, 6.45) is 0.296. The number of benzene rings is 1. The fourth-order valence-electron chi connectivity index (χ4n) is 3.04. The smallest absolute Gasteiger partial charge is 0.329 e. The molecule has 146 valence electrons. The summed E-state index contributed by atoms with van der Waals surface area (Å²) in [6, 6.07) is 4.54. The van der Waals surface area contributed by atoms with Crippen LogP contribution in [-0.4, -0.2) is 61.6 Å². The Kier molecular flexibility index (Phi) is 6.11. The number of amides is 2. The predicted molar refractivity (Wildman–Crippen MR) is 97.7 cm³/mol. The molecule has 27 heavy (non-hydrogen) atoms. The Morgan fingerprint density at radius 3 is 2.33 bits per heavy atom. The number of nitrogens with one attached hydrogen (secondary N) is 1. The highest BCUT2D eigenvalue weighted by atomic mass is 32.2. The zero-order valence-corrected chi connectivity index (χ0v) is 15.6. The molecular weight excluding hydrogens is 374 g/mol. The number of thioether (sulfide) groups is 1. The molecule has 0 spiro atoms. The van der Waals surface area contributed by atoms with Crippen LogP contribution in [0.3, 0.4) is 0 Å². The van der Waals surface area contributed by atoms with Crippen LogP contribution >= 0.6 is 11.8 Å². The molecule has 4 atom stereocenters. The van der Waals surface area contributed by atoms with Crippen LogP contribution in [0.1, 0.15) is 25.5 Å². The van der Waals surface area contributed by atoms with Crippen molar-refractivity contribution < 1.29 is 29.4 Å². The van der Waals surface area contributed by atoms with Crippen molar-refractivity contribution in [1.82, 2.24) is 10.2 Å². The number of carboxylic acid groups (broad SMARTS) is 2. The topological polar surface area (TPSA) is 150 Å². The van der Waals surface area contributed by atoms with E-state index in [1.807, 2.05) is 0 Å². The number of carboxylic acids is 2. The zero-order chi connectivity index (χ0) is 20.4. The number of rotatable bonds is 7. The van der Waals surface area contributed by atoms with Gasteiger partial charge in [-0.3, -0.25) is 9.59 Å². The Morgan fingerprint density at radius 2 is 1.85 bits per heavy atom. The lowest BCUT2D eigenvalue weighted by Crippen LogP contribution is -2.56. The summed E-state index contributed by atoms with van der Waals surface area (Å²) in [4.78, 5) is 48.2. The van der Waals surface area contributed by atoms with E-state index in [4.69, 9.17) is 5.73 Å². The van der Waals surface area contributed by atoms with Gasteiger partial charge in [-0.25, -0.2) is 9.59 Å². The van der Waals surface area contributed by atoms with Crippen LogP contribution in [0.2, 0.25) is 0 Å². The molecule has 2 rings (SSSR count). The molecule has 0 radical (unpaired) electrons. The molecule has 1 aliphatic rings. The molecule has 0 saturated carbocycles. The average Bonchev–Trinajstić information content (AvgIpc) is 2.89. The number of hydrogen-bond donors (Lipinski definition) is 4. The lowest BCUT2D eigenvalue weighted by molar-refractivity contribution is -0.150. The first-order valence-corrected chi connectivity index (χ1v) is 8.95. The van der Waals surface area contributed by atoms with Gasteiger partial charge in [0.1, 0.15) is 17.5 Å². The van der Waals surface area contributed by atoms with Crippen LogP contribution in [0.5, 0.6) is 0 Å². The van der Waals surface area contributed by atoms with E-state index in [9.17, 15) is 29.4 Å². The van der Waals surface area contributed by atoms with E-state index in [1.54, 1.807) is 44.2 Å². The van der Waals surface area contributed by atoms with Crippen molar-refractivity contribution in [1.29, 1.82) is 0 Å². The zero-order valence-electron chi connectivity index (χ0n) is 14.7. The number of hydrogen-bond acceptors (Lipinski definition) is 6. The van der Waals surface area contributed by atoms with Crippen molar-refractivity contribution in [2.45, 2.75) is 42.1 Å². The van der Waals surface area contributed by atoms with E-state index < -0.39 is 46.1 Å². The number of carbonyl (C=O) groups excluding carboxylic acids is 2. The van der Waals surface area contributed by atoms with Crippen LogP contribution < -0.4 is 11.1 Å². The van der Waals surface area contributed by atoms with Crippen LogP contribution in [0, 0.1) is 0 Å². The van der Waals surface area contributed by atoms with Gasteiger partial charge < -0.3 is 26.2 Å². The molecule has 1 aromatic rings. The fourth-order valence-corrected chi connectivity index (χ4v) is 4.63. The Bertz CT molecular complexity index is 741. The second-order valence-corrected chi connectivity index (χ2v) is 8.39. The van der Waals surface area contributed by atoms with Crippen molar-refractivity contribution in [2.24, 2.45) is 5.73 Å². The Balaban J connectivity index is 2.27. The maximum atomic E-state index is 12.5. The molecule has 1 aliphatic heterocycles. The van der Waals surface area contributed by atoms with Gasteiger partial charge in [0.25, 0.3) is 0 Å². The molecule has 3 unspecified atom stereocenters. The van der Waals surface area contributed by atoms with Gasteiger partial charge in [-0.05, 0) is 19.4 Å². The van der Waals surface area contributed by atoms with Crippen molar-refractivity contribution in [3.63, 3.8) is 0 Å². The summed E-state index contributed by atoms with van der Waals surface area (Å²) in [5.74, 6) is -3.38. The summed E-state index contributed by atoms with van der Waals surface area (Å²) in [6.45, 7) is 3.20. The Labute approximate surface area is 159 Å². The maximum Gasteiger partial charge on any atom is 0.329 e. The summed E-state index contributed by atoms with van der Waals surface area (Å²) < 4.78 is -0.947. The van der Waals surface area contributed by atoms with Gasteiger partial charge in [0.2, 0.25) is 12.3 Å². The Morgan fingerprint density at radius 1 is 1.26 bits per heavy atom. The van der Waals surface area contributed by atoms with Crippen molar-refractivity contribution in [2.75, 3.05) is 0 Å². The molecule has 0 aliphatic carbocycles. The first-order valence-electron chi connectivity index (χ1n) is 8.07. The standard InChI is InChI=1S/C17H21N3O6S/c1-17(2)12(16(25)26)20(8-21)14(27-17)11(15(23)24)19-13(22)10(18)9-6-4-3-5-7-9/h3-8,10-12,14H,18H2,1-2H3,(H,19,22)(H,23,24)(H,25,26)/t10?,11?,12-,14?/m1/s1. The molecule has 2 amide bonds. The number of nitrogens with two attached hydrogens (primary N) is 1. The van der Waals surface area contributed by atoms with E-state index in [0.29, 0.717) is 12.0 Å². The van der Waals surface area contributed by atoms with E-state index >= 15 is 0 Å². The molecule has 1 saturated heterocycles. The van der Waals surface area contributed by atoms with Crippen LogP contribution in [0.25, 0.3) is 0 Å². The quantitative estimate of drug-likeness (QED) is 0.472. The van der Waals surface area contributed by atoms with Gasteiger partial charge in [0.05, 0.1) is 0 Å². The molecular formula is C17H21N3O6S. The van der Waals surface area contributed by atoms with Gasteiger partial charge in [-0.15, -0.1) is 11.8 Å². The van der Waals surface area contributed by atoms with Gasteiger partial charge in [0.15, 0.2) is 6.04 Å². The maximum absolute atomic E-state index is 12.5.